The Morgan fingerprint density at radius 1 is 1.29 bits per heavy atom. The Kier molecular flexibility index (Phi) is 3.66. The molecule has 7 heteroatoms. The van der Waals surface area contributed by atoms with E-state index in [-0.39, 0.29) is 16.7 Å². The quantitative estimate of drug-likeness (QED) is 0.709. The van der Waals surface area contributed by atoms with Crippen LogP contribution in [-0.4, -0.2) is 9.78 Å². The minimum absolute atomic E-state index is 0.198. The van der Waals surface area contributed by atoms with E-state index in [1.165, 1.54) is 10.7 Å². The lowest BCUT2D eigenvalue weighted by molar-refractivity contribution is -0.137. The molecule has 0 amide bonds. The Hall–Kier alpha value is -1.20. The third kappa shape index (κ3) is 2.77. The molecule has 0 radical (unpaired) electrons. The first kappa shape index (κ1) is 14.7. The van der Waals surface area contributed by atoms with Crippen molar-refractivity contribution in [3.05, 3.63) is 46.2 Å². The van der Waals surface area contributed by atoms with Gasteiger partial charge >= 0.3 is 6.18 Å². The maximum Gasteiger partial charge on any atom is 0.416 e. The molecule has 0 aliphatic heterocycles. The molecule has 0 N–H and O–H groups in total. The summed E-state index contributed by atoms with van der Waals surface area (Å²) < 4.78 is 39.7. The molecule has 0 saturated heterocycles. The molecule has 2 nitrogen and oxygen atoms in total. The van der Waals surface area contributed by atoms with Crippen LogP contribution >= 0.6 is 23.2 Å². The van der Waals surface area contributed by atoms with Crippen molar-refractivity contribution in [3.63, 3.8) is 0 Å². The summed E-state index contributed by atoms with van der Waals surface area (Å²) in [6.45, 7) is 0. The molecular formula is C14H11Cl2F3N2. The third-order valence-electron chi connectivity index (χ3n) is 3.47. The molecule has 1 aliphatic rings. The Morgan fingerprint density at radius 2 is 2.00 bits per heavy atom. The van der Waals surface area contributed by atoms with Crippen LogP contribution in [0.1, 0.15) is 35.6 Å². The molecule has 1 aromatic heterocycles. The van der Waals surface area contributed by atoms with E-state index in [1.807, 2.05) is 0 Å². The number of rotatable bonds is 3. The highest BCUT2D eigenvalue weighted by Gasteiger charge is 2.33. The lowest BCUT2D eigenvalue weighted by Crippen LogP contribution is -2.06. The fourth-order valence-electron chi connectivity index (χ4n) is 2.24. The maximum atomic E-state index is 12.8. The monoisotopic (exact) mass is 334 g/mol. The lowest BCUT2D eigenvalue weighted by atomic mass is 10.2. The number of hydrogen-bond donors (Lipinski definition) is 0. The largest absolute Gasteiger partial charge is 0.416 e. The summed E-state index contributed by atoms with van der Waals surface area (Å²) in [6.07, 6.45) is -2.37. The first-order valence-electron chi connectivity index (χ1n) is 6.42. The second kappa shape index (κ2) is 5.21. The van der Waals surface area contributed by atoms with E-state index in [9.17, 15) is 13.2 Å². The van der Waals surface area contributed by atoms with Crippen LogP contribution in [0.4, 0.5) is 13.2 Å². The van der Waals surface area contributed by atoms with Crippen LogP contribution in [0.25, 0.3) is 5.69 Å². The van der Waals surface area contributed by atoms with E-state index < -0.39 is 11.7 Å². The number of benzene rings is 1. The van der Waals surface area contributed by atoms with E-state index in [0.717, 1.165) is 30.7 Å². The molecular weight excluding hydrogens is 324 g/mol. The van der Waals surface area contributed by atoms with E-state index in [2.05, 4.69) is 5.10 Å². The zero-order valence-corrected chi connectivity index (χ0v) is 12.3. The van der Waals surface area contributed by atoms with Crippen LogP contribution in [0.15, 0.2) is 24.3 Å². The number of nitrogens with zero attached hydrogens (tertiary/aromatic N) is 2. The smallest absolute Gasteiger partial charge is 0.222 e. The van der Waals surface area contributed by atoms with Gasteiger partial charge in [-0.3, -0.25) is 0 Å². The van der Waals surface area contributed by atoms with Crippen molar-refractivity contribution in [1.29, 1.82) is 0 Å². The Morgan fingerprint density at radius 3 is 2.57 bits per heavy atom. The number of alkyl halides is 4. The Balaban J connectivity index is 2.08. The van der Waals surface area contributed by atoms with Crippen LogP contribution in [0.2, 0.25) is 5.15 Å². The van der Waals surface area contributed by atoms with E-state index in [1.54, 1.807) is 6.07 Å². The van der Waals surface area contributed by atoms with Gasteiger partial charge in [0.2, 0.25) is 0 Å². The van der Waals surface area contributed by atoms with Crippen molar-refractivity contribution >= 4 is 23.2 Å². The highest BCUT2D eigenvalue weighted by molar-refractivity contribution is 6.31. The number of hydrogen-bond acceptors (Lipinski definition) is 1. The number of halogens is 5. The predicted octanol–water partition coefficient (Wildman–Crippen LogP) is 5.16. The highest BCUT2D eigenvalue weighted by atomic mass is 35.5. The van der Waals surface area contributed by atoms with Gasteiger partial charge in [-0.2, -0.15) is 18.3 Å². The highest BCUT2D eigenvalue weighted by Crippen LogP contribution is 2.43. The standard InChI is InChI=1S/C14H11Cl2F3N2/c15-7-11-12(8-4-5-8)20-21(13(11)16)10-3-1-2-9(6-10)14(17,18)19/h1-3,6,8H,4-5,7H2. The molecule has 0 unspecified atom stereocenters. The normalized spacial score (nSPS) is 15.5. The van der Waals surface area contributed by atoms with E-state index >= 15 is 0 Å². The maximum absolute atomic E-state index is 12.8. The van der Waals surface area contributed by atoms with Crippen molar-refractivity contribution < 1.29 is 13.2 Å². The average Bonchev–Trinajstić information content (AvgIpc) is 3.22. The summed E-state index contributed by atoms with van der Waals surface area (Å²) in [7, 11) is 0. The SMILES string of the molecule is FC(F)(F)c1cccc(-n2nc(C3CC3)c(CCl)c2Cl)c1. The molecule has 21 heavy (non-hydrogen) atoms. The van der Waals surface area contributed by atoms with Crippen molar-refractivity contribution in [3.8, 4) is 5.69 Å². The molecule has 1 heterocycles. The summed E-state index contributed by atoms with van der Waals surface area (Å²) in [5, 5.41) is 4.65. The molecule has 1 fully saturated rings. The van der Waals surface area contributed by atoms with Crippen LogP contribution in [-0.2, 0) is 12.1 Å². The van der Waals surface area contributed by atoms with Crippen molar-refractivity contribution in [2.75, 3.05) is 0 Å². The van der Waals surface area contributed by atoms with Crippen LogP contribution in [0, 0.1) is 0 Å². The Labute approximate surface area is 129 Å². The minimum Gasteiger partial charge on any atom is -0.222 e. The topological polar surface area (TPSA) is 17.8 Å². The second-order valence-electron chi connectivity index (χ2n) is 5.02. The first-order valence-corrected chi connectivity index (χ1v) is 7.34. The summed E-state index contributed by atoms with van der Waals surface area (Å²) in [5.74, 6) is 0.521. The zero-order valence-electron chi connectivity index (χ0n) is 10.8. The second-order valence-corrected chi connectivity index (χ2v) is 5.65. The van der Waals surface area contributed by atoms with Gasteiger partial charge in [-0.15, -0.1) is 11.6 Å². The average molecular weight is 335 g/mol. The molecule has 1 saturated carbocycles. The van der Waals surface area contributed by atoms with Crippen LogP contribution in [0.3, 0.4) is 0 Å². The molecule has 1 aromatic carbocycles. The number of aromatic nitrogens is 2. The minimum atomic E-state index is -4.40. The zero-order chi connectivity index (χ0) is 15.2. The lowest BCUT2D eigenvalue weighted by Gasteiger charge is -2.09. The Bertz CT molecular complexity index is 675. The molecule has 3 rings (SSSR count). The predicted molar refractivity (Wildman–Crippen MR) is 75.1 cm³/mol. The van der Waals surface area contributed by atoms with Gasteiger partial charge in [0.05, 0.1) is 22.8 Å². The summed E-state index contributed by atoms with van der Waals surface area (Å²) >= 11 is 12.1. The first-order chi connectivity index (χ1) is 9.91. The molecule has 0 bridgehead atoms. The van der Waals surface area contributed by atoms with E-state index in [4.69, 9.17) is 23.2 Å². The van der Waals surface area contributed by atoms with Crippen LogP contribution in [0.5, 0.6) is 0 Å². The molecule has 1 aliphatic carbocycles. The van der Waals surface area contributed by atoms with Gasteiger partial charge in [0.15, 0.2) is 0 Å². The van der Waals surface area contributed by atoms with Gasteiger partial charge in [-0.05, 0) is 31.0 Å². The van der Waals surface area contributed by atoms with Crippen LogP contribution < -0.4 is 0 Å². The van der Waals surface area contributed by atoms with Gasteiger partial charge in [0.1, 0.15) is 5.15 Å². The summed E-state index contributed by atoms with van der Waals surface area (Å²) in [5.41, 5.74) is 1.06. The summed E-state index contributed by atoms with van der Waals surface area (Å²) in [4.78, 5) is 0. The van der Waals surface area contributed by atoms with Gasteiger partial charge in [-0.25, -0.2) is 4.68 Å². The summed E-state index contributed by atoms with van der Waals surface area (Å²) in [6, 6.07) is 4.94. The molecule has 0 spiro atoms. The molecule has 112 valence electrons. The van der Waals surface area contributed by atoms with Gasteiger partial charge in [-0.1, -0.05) is 17.7 Å². The van der Waals surface area contributed by atoms with Gasteiger partial charge in [0.25, 0.3) is 0 Å². The van der Waals surface area contributed by atoms with Crippen molar-refractivity contribution in [2.24, 2.45) is 0 Å². The fraction of sp³-hybridized carbons (Fsp3) is 0.357. The molecule has 2 aromatic rings. The van der Waals surface area contributed by atoms with E-state index in [0.29, 0.717) is 11.5 Å². The third-order valence-corrected chi connectivity index (χ3v) is 4.12. The van der Waals surface area contributed by atoms with Crippen molar-refractivity contribution in [1.82, 2.24) is 9.78 Å². The van der Waals surface area contributed by atoms with Crippen molar-refractivity contribution in [2.45, 2.75) is 30.8 Å². The van der Waals surface area contributed by atoms with Gasteiger partial charge in [0, 0.05) is 11.5 Å². The molecule has 0 atom stereocenters. The fourth-order valence-corrected chi connectivity index (χ4v) is 2.87. The van der Waals surface area contributed by atoms with Gasteiger partial charge < -0.3 is 0 Å².